The van der Waals surface area contributed by atoms with Crippen molar-refractivity contribution in [2.45, 2.75) is 38.0 Å². The number of hydrogen-bond acceptors (Lipinski definition) is 0. The van der Waals surface area contributed by atoms with E-state index in [0.29, 0.717) is 18.3 Å². The Labute approximate surface area is 117 Å². The van der Waals surface area contributed by atoms with Crippen LogP contribution in [0.5, 0.6) is 0 Å². The molecule has 1 saturated carbocycles. The van der Waals surface area contributed by atoms with Crippen molar-refractivity contribution in [3.8, 4) is 0 Å². The van der Waals surface area contributed by atoms with Crippen LogP contribution in [0.25, 0.3) is 0 Å². The topological polar surface area (TPSA) is 0 Å². The predicted molar refractivity (Wildman–Crippen MR) is 78.6 cm³/mol. The molecule has 0 spiro atoms. The van der Waals surface area contributed by atoms with E-state index < -0.39 is 0 Å². The number of hydrogen-bond donors (Lipinski definition) is 0. The van der Waals surface area contributed by atoms with Crippen LogP contribution in [-0.4, -0.2) is 6.67 Å². The molecule has 1 fully saturated rings. The first-order valence-corrected chi connectivity index (χ1v) is 7.57. The number of rotatable bonds is 4. The molecule has 0 unspecified atom stereocenters. The normalized spacial score (nSPS) is 24.6. The summed E-state index contributed by atoms with van der Waals surface area (Å²) in [6, 6.07) is 8.72. The van der Waals surface area contributed by atoms with Gasteiger partial charge in [0, 0.05) is 4.47 Å². The van der Waals surface area contributed by atoms with Crippen LogP contribution in [0.2, 0.25) is 0 Å². The first-order valence-electron chi connectivity index (χ1n) is 6.77. The number of halogens is 2. The summed E-state index contributed by atoms with van der Waals surface area (Å²) < 4.78 is 13.2. The molecule has 1 aliphatic rings. The van der Waals surface area contributed by atoms with Gasteiger partial charge in [-0.2, -0.15) is 0 Å². The quantitative estimate of drug-likeness (QED) is 0.631. The fourth-order valence-electron chi connectivity index (χ4n) is 2.73. The Morgan fingerprint density at radius 1 is 1.11 bits per heavy atom. The maximum atomic E-state index is 12.0. The molecular formula is C16H20BrF. The predicted octanol–water partition coefficient (Wildman–Crippen LogP) is 5.64. The van der Waals surface area contributed by atoms with Crippen molar-refractivity contribution in [1.82, 2.24) is 0 Å². The van der Waals surface area contributed by atoms with Crippen molar-refractivity contribution >= 4 is 15.9 Å². The van der Waals surface area contributed by atoms with Gasteiger partial charge < -0.3 is 0 Å². The Balaban J connectivity index is 1.84. The van der Waals surface area contributed by atoms with E-state index >= 15 is 0 Å². The number of allylic oxidation sites excluding steroid dienone is 2. The average Bonchev–Trinajstić information content (AvgIpc) is 2.41. The van der Waals surface area contributed by atoms with Gasteiger partial charge in [-0.15, -0.1) is 0 Å². The minimum atomic E-state index is -0.231. The van der Waals surface area contributed by atoms with E-state index in [4.69, 9.17) is 0 Å². The molecule has 0 nitrogen and oxygen atoms in total. The maximum absolute atomic E-state index is 12.0. The van der Waals surface area contributed by atoms with Gasteiger partial charge in [-0.1, -0.05) is 40.2 Å². The Morgan fingerprint density at radius 3 is 2.39 bits per heavy atom. The van der Waals surface area contributed by atoms with Crippen LogP contribution in [0.4, 0.5) is 4.39 Å². The lowest BCUT2D eigenvalue weighted by molar-refractivity contribution is 0.375. The first-order chi connectivity index (χ1) is 8.79. The highest BCUT2D eigenvalue weighted by Crippen LogP contribution is 2.36. The summed E-state index contributed by atoms with van der Waals surface area (Å²) in [5.41, 5.74) is 1.46. The van der Waals surface area contributed by atoms with Gasteiger partial charge in [-0.3, -0.25) is 4.39 Å². The van der Waals surface area contributed by atoms with Crippen LogP contribution in [0, 0.1) is 5.92 Å². The van der Waals surface area contributed by atoms with Crippen LogP contribution in [0.1, 0.15) is 43.6 Å². The zero-order valence-corrected chi connectivity index (χ0v) is 12.2. The van der Waals surface area contributed by atoms with Crippen molar-refractivity contribution in [3.05, 3.63) is 46.5 Å². The highest BCUT2D eigenvalue weighted by molar-refractivity contribution is 9.10. The van der Waals surface area contributed by atoms with Gasteiger partial charge in [0.15, 0.2) is 0 Å². The van der Waals surface area contributed by atoms with Crippen LogP contribution < -0.4 is 0 Å². The van der Waals surface area contributed by atoms with E-state index in [1.165, 1.54) is 31.2 Å². The van der Waals surface area contributed by atoms with Gasteiger partial charge in [0.1, 0.15) is 0 Å². The second kappa shape index (κ2) is 7.08. The molecule has 0 aromatic heterocycles. The average molecular weight is 311 g/mol. The first kappa shape index (κ1) is 13.8. The van der Waals surface area contributed by atoms with E-state index in [2.05, 4.69) is 46.3 Å². The Kier molecular flexibility index (Phi) is 5.43. The van der Waals surface area contributed by atoms with Crippen LogP contribution in [0.15, 0.2) is 40.9 Å². The van der Waals surface area contributed by atoms with E-state index in [-0.39, 0.29) is 6.67 Å². The SMILES string of the molecule is FCC/C=C/C1CCC(c2ccc(Br)cc2)CC1. The van der Waals surface area contributed by atoms with Crippen molar-refractivity contribution in [1.29, 1.82) is 0 Å². The highest BCUT2D eigenvalue weighted by atomic mass is 79.9. The van der Waals surface area contributed by atoms with Crippen molar-refractivity contribution in [2.75, 3.05) is 6.67 Å². The largest absolute Gasteiger partial charge is 0.251 e. The molecule has 0 radical (unpaired) electrons. The Bertz CT molecular complexity index is 375. The summed E-state index contributed by atoms with van der Waals surface area (Å²) >= 11 is 3.47. The zero-order valence-electron chi connectivity index (χ0n) is 10.6. The van der Waals surface area contributed by atoms with Crippen molar-refractivity contribution < 1.29 is 4.39 Å². The van der Waals surface area contributed by atoms with Gasteiger partial charge in [-0.05, 0) is 61.6 Å². The molecule has 0 saturated heterocycles. The fraction of sp³-hybridized carbons (Fsp3) is 0.500. The molecule has 98 valence electrons. The second-order valence-electron chi connectivity index (χ2n) is 5.07. The minimum absolute atomic E-state index is 0.231. The maximum Gasteiger partial charge on any atom is 0.0928 e. The lowest BCUT2D eigenvalue weighted by Gasteiger charge is -2.27. The summed E-state index contributed by atoms with van der Waals surface area (Å²) in [5.74, 6) is 1.38. The van der Waals surface area contributed by atoms with Crippen molar-refractivity contribution in [3.63, 3.8) is 0 Å². The van der Waals surface area contributed by atoms with Crippen molar-refractivity contribution in [2.24, 2.45) is 5.92 Å². The summed E-state index contributed by atoms with van der Waals surface area (Å²) in [6.07, 6.45) is 9.79. The van der Waals surface area contributed by atoms with Gasteiger partial charge in [0.25, 0.3) is 0 Å². The molecule has 18 heavy (non-hydrogen) atoms. The second-order valence-corrected chi connectivity index (χ2v) is 5.98. The third kappa shape index (κ3) is 3.94. The summed E-state index contributed by atoms with van der Waals surface area (Å²) in [6.45, 7) is -0.231. The zero-order chi connectivity index (χ0) is 12.8. The molecule has 0 bridgehead atoms. The minimum Gasteiger partial charge on any atom is -0.251 e. The van der Waals surface area contributed by atoms with E-state index in [0.717, 1.165) is 4.47 Å². The smallest absolute Gasteiger partial charge is 0.0928 e. The molecule has 2 rings (SSSR count). The molecule has 0 N–H and O–H groups in total. The molecule has 0 atom stereocenters. The Hall–Kier alpha value is -0.630. The van der Waals surface area contributed by atoms with E-state index in [9.17, 15) is 4.39 Å². The lowest BCUT2D eigenvalue weighted by atomic mass is 9.78. The number of benzene rings is 1. The van der Waals surface area contributed by atoms with Crippen LogP contribution in [-0.2, 0) is 0 Å². The fourth-order valence-corrected chi connectivity index (χ4v) is 3.00. The highest BCUT2D eigenvalue weighted by Gasteiger charge is 2.20. The van der Waals surface area contributed by atoms with E-state index in [1.54, 1.807) is 0 Å². The monoisotopic (exact) mass is 310 g/mol. The molecular weight excluding hydrogens is 291 g/mol. The molecule has 1 aromatic rings. The lowest BCUT2D eigenvalue weighted by Crippen LogP contribution is -2.11. The summed E-state index contributed by atoms with van der Waals surface area (Å²) in [7, 11) is 0. The molecule has 0 heterocycles. The molecule has 0 aliphatic heterocycles. The summed E-state index contributed by atoms with van der Waals surface area (Å²) in [5, 5.41) is 0. The van der Waals surface area contributed by atoms with E-state index in [1.807, 2.05) is 6.08 Å². The van der Waals surface area contributed by atoms with Crippen LogP contribution >= 0.6 is 15.9 Å². The van der Waals surface area contributed by atoms with Gasteiger partial charge in [0.2, 0.25) is 0 Å². The number of alkyl halides is 1. The van der Waals surface area contributed by atoms with Crippen LogP contribution in [0.3, 0.4) is 0 Å². The third-order valence-electron chi connectivity index (χ3n) is 3.80. The summed E-state index contributed by atoms with van der Waals surface area (Å²) in [4.78, 5) is 0. The van der Waals surface area contributed by atoms with Gasteiger partial charge in [0.05, 0.1) is 6.67 Å². The molecule has 0 amide bonds. The van der Waals surface area contributed by atoms with Gasteiger partial charge in [-0.25, -0.2) is 0 Å². The third-order valence-corrected chi connectivity index (χ3v) is 4.33. The molecule has 1 aromatic carbocycles. The standard InChI is InChI=1S/C16H20BrF/c17-16-10-8-15(9-11-16)14-6-4-13(5-7-14)3-1-2-12-18/h1,3,8-11,13-14H,2,4-7,12H2/b3-1+. The Morgan fingerprint density at radius 2 is 1.78 bits per heavy atom. The van der Waals surface area contributed by atoms with Gasteiger partial charge >= 0.3 is 0 Å². The molecule has 2 heteroatoms. The molecule has 1 aliphatic carbocycles.